The summed E-state index contributed by atoms with van der Waals surface area (Å²) in [5, 5.41) is 10.3. The van der Waals surface area contributed by atoms with E-state index in [1.165, 1.54) is 0 Å². The summed E-state index contributed by atoms with van der Waals surface area (Å²) in [6.45, 7) is 8.10. The van der Waals surface area contributed by atoms with E-state index in [9.17, 15) is 14.7 Å². The molecule has 0 fully saturated rings. The fourth-order valence-corrected chi connectivity index (χ4v) is 5.41. The van der Waals surface area contributed by atoms with Crippen molar-refractivity contribution in [2.45, 2.75) is 58.1 Å². The zero-order chi connectivity index (χ0) is 25.1. The number of hydrogen-bond acceptors (Lipinski definition) is 3. The number of benzene rings is 3. The van der Waals surface area contributed by atoms with Crippen molar-refractivity contribution in [2.75, 3.05) is 4.90 Å². The standard InChI is InChI=1S/C29H28ClNO4/c1-17-5-6-19(22(13-17)26(32)33)16-31-24-9-8-21(30)15-23(24)29(4,27(31)34)20-7-10-25-18(14-20)11-12-28(2,3)35-25/h5-10,13-15H,11-12,16H2,1-4H3,(H,32,33)/t29-/m0/s1. The summed E-state index contributed by atoms with van der Waals surface area (Å²) >= 11 is 6.40. The predicted molar refractivity (Wildman–Crippen MR) is 137 cm³/mol. The molecule has 0 aliphatic carbocycles. The molecule has 35 heavy (non-hydrogen) atoms. The first-order valence-electron chi connectivity index (χ1n) is 11.8. The lowest BCUT2D eigenvalue weighted by Gasteiger charge is -2.34. The highest BCUT2D eigenvalue weighted by Crippen LogP contribution is 2.49. The molecule has 0 radical (unpaired) electrons. The van der Waals surface area contributed by atoms with Crippen molar-refractivity contribution >= 4 is 29.2 Å². The number of nitrogens with zero attached hydrogens (tertiary/aromatic N) is 1. The topological polar surface area (TPSA) is 66.8 Å². The van der Waals surface area contributed by atoms with Crippen LogP contribution in [0.3, 0.4) is 0 Å². The molecular formula is C29H28ClNO4. The summed E-state index contributed by atoms with van der Waals surface area (Å²) in [5.74, 6) is -0.260. The second-order valence-corrected chi connectivity index (χ2v) is 10.8. The number of ether oxygens (including phenoxy) is 1. The maximum Gasteiger partial charge on any atom is 0.336 e. The van der Waals surface area contributed by atoms with Crippen LogP contribution in [-0.2, 0) is 23.2 Å². The van der Waals surface area contributed by atoms with Crippen LogP contribution in [0.2, 0.25) is 5.02 Å². The van der Waals surface area contributed by atoms with Crippen LogP contribution < -0.4 is 9.64 Å². The summed E-state index contributed by atoms with van der Waals surface area (Å²) in [7, 11) is 0. The van der Waals surface area contributed by atoms with Gasteiger partial charge in [-0.2, -0.15) is 0 Å². The molecule has 1 amide bonds. The number of hydrogen-bond donors (Lipinski definition) is 1. The molecule has 3 aromatic rings. The maximum absolute atomic E-state index is 14.1. The molecule has 1 N–H and O–H groups in total. The second kappa shape index (κ2) is 8.13. The molecule has 2 aliphatic rings. The number of aromatic carboxylic acids is 1. The molecule has 2 heterocycles. The Morgan fingerprint density at radius 1 is 1.09 bits per heavy atom. The second-order valence-electron chi connectivity index (χ2n) is 10.3. The number of rotatable bonds is 4. The van der Waals surface area contributed by atoms with Crippen molar-refractivity contribution in [2.24, 2.45) is 0 Å². The number of carboxylic acid groups (broad SMARTS) is 1. The monoisotopic (exact) mass is 489 g/mol. The number of carbonyl (C=O) groups excluding carboxylic acids is 1. The average Bonchev–Trinajstić information content (AvgIpc) is 3.01. The lowest BCUT2D eigenvalue weighted by Crippen LogP contribution is -2.39. The van der Waals surface area contributed by atoms with Gasteiger partial charge in [0.15, 0.2) is 0 Å². The molecule has 5 nitrogen and oxygen atoms in total. The van der Waals surface area contributed by atoms with Gasteiger partial charge in [-0.05, 0) is 93.1 Å². The number of amides is 1. The van der Waals surface area contributed by atoms with Crippen LogP contribution in [0.1, 0.15) is 65.4 Å². The number of aryl methyl sites for hydroxylation is 2. The zero-order valence-corrected chi connectivity index (χ0v) is 21.1. The Kier molecular flexibility index (Phi) is 5.44. The van der Waals surface area contributed by atoms with Crippen molar-refractivity contribution in [3.05, 3.63) is 93.0 Å². The van der Waals surface area contributed by atoms with E-state index in [1.54, 1.807) is 23.1 Å². The summed E-state index contributed by atoms with van der Waals surface area (Å²) in [5.41, 5.74) is 3.99. The molecule has 0 unspecified atom stereocenters. The van der Waals surface area contributed by atoms with Gasteiger partial charge < -0.3 is 14.7 Å². The molecule has 0 saturated carbocycles. The van der Waals surface area contributed by atoms with Crippen molar-refractivity contribution in [1.82, 2.24) is 0 Å². The van der Waals surface area contributed by atoms with E-state index >= 15 is 0 Å². The Hall–Kier alpha value is -3.31. The van der Waals surface area contributed by atoms with Gasteiger partial charge in [0.2, 0.25) is 5.91 Å². The smallest absolute Gasteiger partial charge is 0.336 e. The lowest BCUT2D eigenvalue weighted by atomic mass is 9.76. The van der Waals surface area contributed by atoms with Crippen molar-refractivity contribution in [3.8, 4) is 5.75 Å². The summed E-state index contributed by atoms with van der Waals surface area (Å²) < 4.78 is 6.16. The van der Waals surface area contributed by atoms with Gasteiger partial charge in [0, 0.05) is 10.7 Å². The number of halogens is 1. The molecule has 2 aliphatic heterocycles. The number of anilines is 1. The molecular weight excluding hydrogens is 462 g/mol. The first-order valence-corrected chi connectivity index (χ1v) is 12.1. The van der Waals surface area contributed by atoms with Gasteiger partial charge in [-0.3, -0.25) is 4.79 Å². The molecule has 0 aromatic heterocycles. The SMILES string of the molecule is Cc1ccc(CN2C(=O)[C@@](C)(c3ccc4c(c3)CCC(C)(C)O4)c3cc(Cl)ccc32)c(C(=O)O)c1. The molecule has 3 aromatic carbocycles. The molecule has 6 heteroatoms. The van der Waals surface area contributed by atoms with Crippen LogP contribution in [0.25, 0.3) is 0 Å². The van der Waals surface area contributed by atoms with Crippen LogP contribution >= 0.6 is 11.6 Å². The minimum absolute atomic E-state index is 0.108. The molecule has 5 rings (SSSR count). The van der Waals surface area contributed by atoms with E-state index in [1.807, 2.05) is 44.2 Å². The maximum atomic E-state index is 14.1. The Bertz CT molecular complexity index is 1380. The van der Waals surface area contributed by atoms with E-state index < -0.39 is 11.4 Å². The summed E-state index contributed by atoms with van der Waals surface area (Å²) in [6.07, 6.45) is 1.77. The van der Waals surface area contributed by atoms with E-state index in [0.717, 1.165) is 46.5 Å². The Morgan fingerprint density at radius 2 is 1.86 bits per heavy atom. The Balaban J connectivity index is 1.60. The van der Waals surface area contributed by atoms with E-state index in [2.05, 4.69) is 19.9 Å². The first-order chi connectivity index (χ1) is 16.5. The predicted octanol–water partition coefficient (Wildman–Crippen LogP) is 6.30. The summed E-state index contributed by atoms with van der Waals surface area (Å²) in [6, 6.07) is 16.8. The van der Waals surface area contributed by atoms with Gasteiger partial charge in [-0.1, -0.05) is 41.4 Å². The van der Waals surface area contributed by atoms with Crippen LogP contribution in [0.15, 0.2) is 54.6 Å². The number of fused-ring (bicyclic) bond motifs is 2. The minimum atomic E-state index is -1.01. The third-order valence-electron chi connectivity index (χ3n) is 7.31. The van der Waals surface area contributed by atoms with Gasteiger partial charge in [0.05, 0.1) is 17.5 Å². The van der Waals surface area contributed by atoms with Gasteiger partial charge in [-0.25, -0.2) is 4.79 Å². The van der Waals surface area contributed by atoms with Gasteiger partial charge >= 0.3 is 5.97 Å². The van der Waals surface area contributed by atoms with Crippen LogP contribution in [-0.4, -0.2) is 22.6 Å². The Labute approximate surface area is 210 Å². The van der Waals surface area contributed by atoms with E-state index in [4.69, 9.17) is 16.3 Å². The van der Waals surface area contributed by atoms with E-state index in [-0.39, 0.29) is 23.6 Å². The highest BCUT2D eigenvalue weighted by molar-refractivity contribution is 6.31. The highest BCUT2D eigenvalue weighted by Gasteiger charge is 2.49. The normalized spacial score (nSPS) is 20.3. The average molecular weight is 490 g/mol. The largest absolute Gasteiger partial charge is 0.488 e. The summed E-state index contributed by atoms with van der Waals surface area (Å²) in [4.78, 5) is 27.7. The van der Waals surface area contributed by atoms with Crippen LogP contribution in [0.5, 0.6) is 5.75 Å². The van der Waals surface area contributed by atoms with Gasteiger partial charge in [0.1, 0.15) is 11.4 Å². The number of carboxylic acids is 1. The molecule has 180 valence electrons. The van der Waals surface area contributed by atoms with Crippen LogP contribution in [0.4, 0.5) is 5.69 Å². The van der Waals surface area contributed by atoms with Crippen molar-refractivity contribution in [1.29, 1.82) is 0 Å². The quantitative estimate of drug-likeness (QED) is 0.466. The highest BCUT2D eigenvalue weighted by atomic mass is 35.5. The third kappa shape index (κ3) is 3.88. The molecule has 0 spiro atoms. The molecule has 1 atom stereocenters. The third-order valence-corrected chi connectivity index (χ3v) is 7.54. The van der Waals surface area contributed by atoms with Crippen molar-refractivity contribution < 1.29 is 19.4 Å². The minimum Gasteiger partial charge on any atom is -0.488 e. The molecule has 0 bridgehead atoms. The van der Waals surface area contributed by atoms with Crippen molar-refractivity contribution in [3.63, 3.8) is 0 Å². The van der Waals surface area contributed by atoms with Gasteiger partial charge in [-0.15, -0.1) is 0 Å². The zero-order valence-electron chi connectivity index (χ0n) is 20.3. The fraction of sp³-hybridized carbons (Fsp3) is 0.310. The number of carbonyl (C=O) groups is 2. The van der Waals surface area contributed by atoms with Gasteiger partial charge in [0.25, 0.3) is 0 Å². The van der Waals surface area contributed by atoms with Crippen LogP contribution in [0, 0.1) is 6.92 Å². The molecule has 0 saturated heterocycles. The first kappa shape index (κ1) is 23.4. The Morgan fingerprint density at radius 3 is 2.60 bits per heavy atom. The van der Waals surface area contributed by atoms with E-state index in [0.29, 0.717) is 10.6 Å². The lowest BCUT2D eigenvalue weighted by molar-refractivity contribution is -0.121. The fourth-order valence-electron chi connectivity index (χ4n) is 5.24.